The fourth-order valence-electron chi connectivity index (χ4n) is 3.30. The number of aliphatic hydroxyl groups excluding tert-OH is 1. The van der Waals surface area contributed by atoms with Crippen LogP contribution in [0.3, 0.4) is 0 Å². The number of para-hydroxylation sites is 1. The molecule has 1 fully saturated rings. The van der Waals surface area contributed by atoms with E-state index in [4.69, 9.17) is 4.74 Å². The minimum absolute atomic E-state index is 0.167. The van der Waals surface area contributed by atoms with E-state index in [2.05, 4.69) is 37.6 Å². The highest BCUT2D eigenvalue weighted by molar-refractivity contribution is 5.92. The summed E-state index contributed by atoms with van der Waals surface area (Å²) in [5.41, 5.74) is 2.73. The lowest BCUT2D eigenvalue weighted by Gasteiger charge is -2.27. The number of ether oxygens (including phenoxy) is 1. The molecule has 27 heavy (non-hydrogen) atoms. The maximum atomic E-state index is 12.3. The van der Waals surface area contributed by atoms with Crippen molar-refractivity contribution in [1.82, 2.24) is 15.3 Å². The van der Waals surface area contributed by atoms with Crippen LogP contribution in [0.25, 0.3) is 0 Å². The van der Waals surface area contributed by atoms with Crippen molar-refractivity contribution in [2.75, 3.05) is 43.1 Å². The van der Waals surface area contributed by atoms with Crippen LogP contribution in [-0.4, -0.2) is 66.0 Å². The molecule has 1 saturated heterocycles. The maximum absolute atomic E-state index is 12.3. The lowest BCUT2D eigenvalue weighted by atomic mass is 10.2. The molecule has 2 aromatic rings. The lowest BCUT2D eigenvalue weighted by Crippen LogP contribution is -2.41. The van der Waals surface area contributed by atoms with E-state index in [1.807, 2.05) is 12.1 Å². The number of fused-ring (bicyclic) bond motifs is 1. The van der Waals surface area contributed by atoms with Gasteiger partial charge in [0.05, 0.1) is 25.4 Å². The van der Waals surface area contributed by atoms with Crippen molar-refractivity contribution >= 4 is 17.4 Å². The van der Waals surface area contributed by atoms with E-state index in [0.29, 0.717) is 25.6 Å². The highest BCUT2D eigenvalue weighted by Gasteiger charge is 2.22. The number of aliphatic hydroxyl groups is 1. The molecule has 2 aliphatic heterocycles. The average Bonchev–Trinajstić information content (AvgIpc) is 3.06. The smallest absolute Gasteiger partial charge is 0.270 e. The van der Waals surface area contributed by atoms with Crippen LogP contribution < -0.4 is 15.5 Å². The summed E-state index contributed by atoms with van der Waals surface area (Å²) in [6.07, 6.45) is 1.68. The quantitative estimate of drug-likeness (QED) is 0.651. The van der Waals surface area contributed by atoms with Gasteiger partial charge in [0.15, 0.2) is 0 Å². The van der Waals surface area contributed by atoms with Crippen molar-refractivity contribution in [3.63, 3.8) is 0 Å². The molecule has 3 heterocycles. The zero-order valence-electron chi connectivity index (χ0n) is 15.0. The molecule has 4 rings (SSSR count). The summed E-state index contributed by atoms with van der Waals surface area (Å²) in [4.78, 5) is 22.6. The molecule has 0 unspecified atom stereocenters. The Morgan fingerprint density at radius 3 is 3.00 bits per heavy atom. The van der Waals surface area contributed by atoms with Gasteiger partial charge in [-0.05, 0) is 18.1 Å². The molecule has 0 radical (unpaired) electrons. The third-order valence-electron chi connectivity index (χ3n) is 4.80. The van der Waals surface area contributed by atoms with E-state index in [-0.39, 0.29) is 24.2 Å². The lowest BCUT2D eigenvalue weighted by molar-refractivity contribution is 0.0209. The van der Waals surface area contributed by atoms with E-state index >= 15 is 0 Å². The number of β-amino-alcohol motifs (C(OH)–C–C–N with tert-alkyl or cyclic N) is 1. The number of anilines is 2. The number of aromatic nitrogens is 2. The van der Waals surface area contributed by atoms with Crippen LogP contribution in [0.2, 0.25) is 0 Å². The van der Waals surface area contributed by atoms with Crippen molar-refractivity contribution in [3.05, 3.63) is 47.9 Å². The molecule has 8 nitrogen and oxygen atoms in total. The molecule has 2 aliphatic rings. The molecule has 0 saturated carbocycles. The maximum Gasteiger partial charge on any atom is 0.270 e. The van der Waals surface area contributed by atoms with E-state index in [1.54, 1.807) is 6.07 Å². The van der Waals surface area contributed by atoms with Crippen LogP contribution >= 0.6 is 0 Å². The van der Waals surface area contributed by atoms with Crippen molar-refractivity contribution in [2.45, 2.75) is 18.6 Å². The topological polar surface area (TPSA) is 99.6 Å². The first-order valence-corrected chi connectivity index (χ1v) is 9.14. The van der Waals surface area contributed by atoms with E-state index in [0.717, 1.165) is 18.7 Å². The van der Waals surface area contributed by atoms with Crippen molar-refractivity contribution in [2.24, 2.45) is 0 Å². The predicted molar refractivity (Wildman–Crippen MR) is 101 cm³/mol. The monoisotopic (exact) mass is 369 g/mol. The molecule has 1 atom stereocenters. The molecular formula is C19H23N5O3. The first-order chi connectivity index (χ1) is 13.2. The van der Waals surface area contributed by atoms with Crippen LogP contribution in [0.1, 0.15) is 16.1 Å². The Bertz CT molecular complexity index is 811. The summed E-state index contributed by atoms with van der Waals surface area (Å²) >= 11 is 0. The summed E-state index contributed by atoms with van der Waals surface area (Å²) in [6.45, 7) is 2.81. The highest BCUT2D eigenvalue weighted by atomic mass is 16.5. The Labute approximate surface area is 157 Å². The van der Waals surface area contributed by atoms with Crippen LogP contribution in [0.4, 0.5) is 11.5 Å². The molecule has 142 valence electrons. The number of amides is 1. The van der Waals surface area contributed by atoms with Gasteiger partial charge in [0.2, 0.25) is 0 Å². The number of nitrogens with one attached hydrogen (secondary N) is 2. The van der Waals surface area contributed by atoms with Crippen molar-refractivity contribution in [1.29, 1.82) is 0 Å². The van der Waals surface area contributed by atoms with Crippen LogP contribution in [0.5, 0.6) is 0 Å². The van der Waals surface area contributed by atoms with Gasteiger partial charge >= 0.3 is 0 Å². The Kier molecular flexibility index (Phi) is 5.17. The Balaban J connectivity index is 1.28. The number of hydrogen-bond donors (Lipinski definition) is 3. The average molecular weight is 369 g/mol. The third kappa shape index (κ3) is 4.17. The van der Waals surface area contributed by atoms with Crippen LogP contribution in [-0.2, 0) is 11.2 Å². The predicted octanol–water partition coefficient (Wildman–Crippen LogP) is 0.441. The third-order valence-corrected chi connectivity index (χ3v) is 4.80. The number of hydrogen-bond acceptors (Lipinski definition) is 7. The fourth-order valence-corrected chi connectivity index (χ4v) is 3.30. The van der Waals surface area contributed by atoms with Gasteiger partial charge in [-0.25, -0.2) is 9.97 Å². The highest BCUT2D eigenvalue weighted by Crippen LogP contribution is 2.27. The number of carbonyl (C=O) groups excluding carboxylic acids is 1. The zero-order valence-corrected chi connectivity index (χ0v) is 15.0. The summed E-state index contributed by atoms with van der Waals surface area (Å²) < 4.78 is 5.11. The molecular weight excluding hydrogens is 346 g/mol. The van der Waals surface area contributed by atoms with Crippen molar-refractivity contribution in [3.8, 4) is 0 Å². The zero-order chi connectivity index (χ0) is 18.6. The second-order valence-corrected chi connectivity index (χ2v) is 6.86. The number of benzene rings is 1. The van der Waals surface area contributed by atoms with Gasteiger partial charge in [0.25, 0.3) is 5.91 Å². The van der Waals surface area contributed by atoms with Gasteiger partial charge in [-0.1, -0.05) is 18.2 Å². The molecule has 0 aliphatic carbocycles. The van der Waals surface area contributed by atoms with Gasteiger partial charge in [-0.3, -0.25) is 4.79 Å². The van der Waals surface area contributed by atoms with Gasteiger partial charge in [0, 0.05) is 31.4 Å². The molecule has 0 spiro atoms. The summed E-state index contributed by atoms with van der Waals surface area (Å²) in [6, 6.07) is 10.0. The standard InChI is InChI=1S/C19H23N5O3/c25-15(9-24-6-5-13-3-1-2-4-17(13)24)8-20-19(26)16-7-18(22-12-21-16)23-14-10-27-11-14/h1-4,7,12,14-15,25H,5-6,8-11H2,(H,20,26)(H,21,22,23)/t15-/m0/s1. The van der Waals surface area contributed by atoms with E-state index in [1.165, 1.54) is 11.9 Å². The van der Waals surface area contributed by atoms with Gasteiger partial charge in [-0.2, -0.15) is 0 Å². The number of nitrogens with zero attached hydrogens (tertiary/aromatic N) is 3. The minimum Gasteiger partial charge on any atom is -0.389 e. The molecule has 0 bridgehead atoms. The summed E-state index contributed by atoms with van der Waals surface area (Å²) in [7, 11) is 0. The number of rotatable bonds is 7. The Hall–Kier alpha value is -2.71. The summed E-state index contributed by atoms with van der Waals surface area (Å²) in [5, 5.41) is 16.3. The molecule has 1 aromatic heterocycles. The van der Waals surface area contributed by atoms with Gasteiger partial charge in [0.1, 0.15) is 17.8 Å². The Morgan fingerprint density at radius 2 is 2.19 bits per heavy atom. The van der Waals surface area contributed by atoms with Gasteiger partial charge < -0.3 is 25.4 Å². The van der Waals surface area contributed by atoms with E-state index < -0.39 is 6.10 Å². The van der Waals surface area contributed by atoms with E-state index in [9.17, 15) is 9.90 Å². The largest absolute Gasteiger partial charge is 0.389 e. The second-order valence-electron chi connectivity index (χ2n) is 6.86. The SMILES string of the molecule is O=C(NC[C@H](O)CN1CCc2ccccc21)c1cc(NC2COC2)ncn1. The second kappa shape index (κ2) is 7.89. The molecule has 3 N–H and O–H groups in total. The van der Waals surface area contributed by atoms with Crippen molar-refractivity contribution < 1.29 is 14.6 Å². The number of carbonyl (C=O) groups is 1. The molecule has 8 heteroatoms. The first kappa shape index (κ1) is 17.7. The minimum atomic E-state index is -0.660. The normalized spacial score (nSPS) is 17.1. The fraction of sp³-hybridized carbons (Fsp3) is 0.421. The summed E-state index contributed by atoms with van der Waals surface area (Å²) in [5.74, 6) is 0.267. The molecule has 1 aromatic carbocycles. The van der Waals surface area contributed by atoms with Crippen LogP contribution in [0, 0.1) is 0 Å². The van der Waals surface area contributed by atoms with Gasteiger partial charge in [-0.15, -0.1) is 0 Å². The van der Waals surface area contributed by atoms with Crippen LogP contribution in [0.15, 0.2) is 36.7 Å². The molecule has 1 amide bonds. The Morgan fingerprint density at radius 1 is 1.33 bits per heavy atom. The first-order valence-electron chi connectivity index (χ1n) is 9.14.